The molecule has 0 saturated heterocycles. The lowest BCUT2D eigenvalue weighted by Crippen LogP contribution is -2.04. The number of aromatic carboxylic acids is 1. The molecule has 0 heterocycles. The fourth-order valence-corrected chi connectivity index (χ4v) is 1.80. The van der Waals surface area contributed by atoms with E-state index in [0.717, 1.165) is 5.56 Å². The fraction of sp³-hybridized carbons (Fsp3) is 0.133. The molecule has 0 amide bonds. The standard InChI is InChI=1S/C15H13F2NO3/c16-15(17)21-13-6-1-3-10(7-13)9-18-12-5-2-4-11(8-12)14(19)20/h1-8,15,18H,9H2,(H,19,20). The SMILES string of the molecule is O=C(O)c1cccc(NCc2cccc(OC(F)F)c2)c1. The van der Waals surface area contributed by atoms with Gasteiger partial charge < -0.3 is 15.2 Å². The molecule has 0 fully saturated rings. The molecule has 21 heavy (non-hydrogen) atoms. The number of carboxylic acid groups (broad SMARTS) is 1. The van der Waals surface area contributed by atoms with E-state index in [0.29, 0.717) is 12.2 Å². The largest absolute Gasteiger partial charge is 0.478 e. The number of alkyl halides is 2. The Labute approximate surface area is 120 Å². The highest BCUT2D eigenvalue weighted by Gasteiger charge is 2.05. The summed E-state index contributed by atoms with van der Waals surface area (Å²) in [6.07, 6.45) is 0. The Hall–Kier alpha value is -2.63. The van der Waals surface area contributed by atoms with Crippen molar-refractivity contribution in [3.05, 3.63) is 59.7 Å². The first-order chi connectivity index (χ1) is 10.0. The van der Waals surface area contributed by atoms with Crippen LogP contribution in [0.4, 0.5) is 14.5 Å². The van der Waals surface area contributed by atoms with E-state index in [9.17, 15) is 13.6 Å². The molecule has 4 nitrogen and oxygen atoms in total. The third-order valence-electron chi connectivity index (χ3n) is 2.73. The number of benzene rings is 2. The zero-order valence-corrected chi connectivity index (χ0v) is 10.9. The van der Waals surface area contributed by atoms with Crippen LogP contribution in [0.3, 0.4) is 0 Å². The summed E-state index contributed by atoms with van der Waals surface area (Å²) in [5.41, 5.74) is 1.55. The number of halogens is 2. The zero-order valence-electron chi connectivity index (χ0n) is 10.9. The number of carboxylic acids is 1. The summed E-state index contributed by atoms with van der Waals surface area (Å²) >= 11 is 0. The number of ether oxygens (including phenoxy) is 1. The maximum atomic E-state index is 12.1. The van der Waals surface area contributed by atoms with Gasteiger partial charge in [-0.25, -0.2) is 4.79 Å². The molecule has 0 radical (unpaired) electrons. The van der Waals surface area contributed by atoms with Gasteiger partial charge in [-0.05, 0) is 35.9 Å². The molecule has 2 aromatic rings. The third-order valence-corrected chi connectivity index (χ3v) is 2.73. The summed E-state index contributed by atoms with van der Waals surface area (Å²) in [6.45, 7) is -2.50. The van der Waals surface area contributed by atoms with Gasteiger partial charge in [-0.3, -0.25) is 0 Å². The quantitative estimate of drug-likeness (QED) is 0.854. The molecule has 6 heteroatoms. The van der Waals surface area contributed by atoms with E-state index in [4.69, 9.17) is 5.11 Å². The van der Waals surface area contributed by atoms with Crippen molar-refractivity contribution in [3.8, 4) is 5.75 Å². The molecule has 110 valence electrons. The summed E-state index contributed by atoms with van der Waals surface area (Å²) in [6, 6.07) is 12.7. The van der Waals surface area contributed by atoms with Crippen LogP contribution in [0.1, 0.15) is 15.9 Å². The molecule has 2 rings (SSSR count). The summed E-state index contributed by atoms with van der Waals surface area (Å²) < 4.78 is 28.6. The average Bonchev–Trinajstić information content (AvgIpc) is 2.45. The minimum atomic E-state index is -2.86. The van der Waals surface area contributed by atoms with E-state index in [2.05, 4.69) is 10.1 Å². The van der Waals surface area contributed by atoms with Crippen LogP contribution in [-0.2, 0) is 6.54 Å². The molecule has 0 aromatic heterocycles. The van der Waals surface area contributed by atoms with E-state index < -0.39 is 12.6 Å². The second-order valence-electron chi connectivity index (χ2n) is 4.27. The predicted octanol–water partition coefficient (Wildman–Crippen LogP) is 3.60. The normalized spacial score (nSPS) is 10.4. The van der Waals surface area contributed by atoms with E-state index in [-0.39, 0.29) is 11.3 Å². The van der Waals surface area contributed by atoms with Crippen LogP contribution < -0.4 is 10.1 Å². The van der Waals surface area contributed by atoms with Gasteiger partial charge in [0, 0.05) is 12.2 Å². The highest BCUT2D eigenvalue weighted by atomic mass is 19.3. The van der Waals surface area contributed by atoms with Crippen LogP contribution in [-0.4, -0.2) is 17.7 Å². The lowest BCUT2D eigenvalue weighted by atomic mass is 10.2. The molecule has 0 saturated carbocycles. The van der Waals surface area contributed by atoms with Crippen molar-refractivity contribution in [1.29, 1.82) is 0 Å². The van der Waals surface area contributed by atoms with Gasteiger partial charge in [0.1, 0.15) is 5.75 Å². The zero-order chi connectivity index (χ0) is 15.2. The monoisotopic (exact) mass is 293 g/mol. The Morgan fingerprint density at radius 1 is 1.19 bits per heavy atom. The smallest absolute Gasteiger partial charge is 0.387 e. The second-order valence-corrected chi connectivity index (χ2v) is 4.27. The Morgan fingerprint density at radius 2 is 1.95 bits per heavy atom. The van der Waals surface area contributed by atoms with Crippen molar-refractivity contribution in [2.75, 3.05) is 5.32 Å². The van der Waals surface area contributed by atoms with Gasteiger partial charge in [-0.1, -0.05) is 18.2 Å². The number of nitrogens with one attached hydrogen (secondary N) is 1. The maximum Gasteiger partial charge on any atom is 0.387 e. The molecule has 2 aromatic carbocycles. The van der Waals surface area contributed by atoms with Gasteiger partial charge in [0.2, 0.25) is 0 Å². The number of hydrogen-bond acceptors (Lipinski definition) is 3. The molecule has 0 spiro atoms. The average molecular weight is 293 g/mol. The maximum absolute atomic E-state index is 12.1. The fourth-order valence-electron chi connectivity index (χ4n) is 1.80. The second kappa shape index (κ2) is 6.69. The number of carbonyl (C=O) groups is 1. The van der Waals surface area contributed by atoms with Crippen molar-refractivity contribution in [3.63, 3.8) is 0 Å². The molecule has 0 unspecified atom stereocenters. The first kappa shape index (κ1) is 14.8. The first-order valence-electron chi connectivity index (χ1n) is 6.15. The van der Waals surface area contributed by atoms with Gasteiger partial charge in [0.05, 0.1) is 5.56 Å². The first-order valence-corrected chi connectivity index (χ1v) is 6.15. The lowest BCUT2D eigenvalue weighted by Gasteiger charge is -2.09. The molecule has 0 atom stereocenters. The van der Waals surface area contributed by atoms with Gasteiger partial charge in [0.25, 0.3) is 0 Å². The van der Waals surface area contributed by atoms with Crippen LogP contribution in [0.25, 0.3) is 0 Å². The van der Waals surface area contributed by atoms with E-state index in [1.807, 2.05) is 0 Å². The van der Waals surface area contributed by atoms with Crippen molar-refractivity contribution in [1.82, 2.24) is 0 Å². The van der Waals surface area contributed by atoms with Crippen molar-refractivity contribution in [2.45, 2.75) is 13.2 Å². The van der Waals surface area contributed by atoms with Gasteiger partial charge >= 0.3 is 12.6 Å². The summed E-state index contributed by atoms with van der Waals surface area (Å²) in [5.74, 6) is -0.922. The molecule has 0 aliphatic rings. The van der Waals surface area contributed by atoms with Gasteiger partial charge in [-0.2, -0.15) is 8.78 Å². The third kappa shape index (κ3) is 4.45. The molecular formula is C15H13F2NO3. The predicted molar refractivity (Wildman–Crippen MR) is 73.8 cm³/mol. The van der Waals surface area contributed by atoms with Crippen LogP contribution in [0.5, 0.6) is 5.75 Å². The Kier molecular flexibility index (Phi) is 4.71. The van der Waals surface area contributed by atoms with Crippen LogP contribution in [0.15, 0.2) is 48.5 Å². The molecule has 2 N–H and O–H groups in total. The van der Waals surface area contributed by atoms with Gasteiger partial charge in [-0.15, -0.1) is 0 Å². The molecule has 0 bridgehead atoms. The highest BCUT2D eigenvalue weighted by Crippen LogP contribution is 2.17. The molecule has 0 aliphatic heterocycles. The Morgan fingerprint density at radius 3 is 2.67 bits per heavy atom. The summed E-state index contributed by atoms with van der Waals surface area (Å²) in [4.78, 5) is 10.9. The van der Waals surface area contributed by atoms with Gasteiger partial charge in [0.15, 0.2) is 0 Å². The number of anilines is 1. The number of hydrogen-bond donors (Lipinski definition) is 2. The number of rotatable bonds is 6. The topological polar surface area (TPSA) is 58.6 Å². The van der Waals surface area contributed by atoms with Crippen molar-refractivity contribution in [2.24, 2.45) is 0 Å². The molecule has 0 aliphatic carbocycles. The van der Waals surface area contributed by atoms with Crippen LogP contribution >= 0.6 is 0 Å². The van der Waals surface area contributed by atoms with Crippen LogP contribution in [0, 0.1) is 0 Å². The minimum absolute atomic E-state index is 0.0867. The van der Waals surface area contributed by atoms with E-state index in [1.165, 1.54) is 24.3 Å². The van der Waals surface area contributed by atoms with Crippen molar-refractivity contribution >= 4 is 11.7 Å². The highest BCUT2D eigenvalue weighted by molar-refractivity contribution is 5.88. The summed E-state index contributed by atoms with van der Waals surface area (Å²) in [7, 11) is 0. The van der Waals surface area contributed by atoms with Crippen molar-refractivity contribution < 1.29 is 23.4 Å². The summed E-state index contributed by atoms with van der Waals surface area (Å²) in [5, 5.41) is 11.9. The lowest BCUT2D eigenvalue weighted by molar-refractivity contribution is -0.0498. The van der Waals surface area contributed by atoms with E-state index >= 15 is 0 Å². The van der Waals surface area contributed by atoms with E-state index in [1.54, 1.807) is 24.3 Å². The Balaban J connectivity index is 2.02. The minimum Gasteiger partial charge on any atom is -0.478 e. The Bertz CT molecular complexity index is 632. The van der Waals surface area contributed by atoms with Crippen LogP contribution in [0.2, 0.25) is 0 Å². The molecular weight excluding hydrogens is 280 g/mol.